The Bertz CT molecular complexity index is 1290. The maximum atomic E-state index is 10.6. The van der Waals surface area contributed by atoms with Crippen LogP contribution in [0.5, 0.6) is 5.75 Å². The van der Waals surface area contributed by atoms with Crippen molar-refractivity contribution in [3.63, 3.8) is 0 Å². The standard InChI is InChI=1S/C29H27I2N3O/c1-33(2)23-12-8-19(9-13-23)25-6-5-7-26(20-10-14-24(15-11-20)34(3)4)28(25)32-18-21-16-22(30)17-27(31)29(21)35/h5-18,35H,1-4H3. The van der Waals surface area contributed by atoms with Crippen molar-refractivity contribution >= 4 is 68.5 Å². The zero-order chi connectivity index (χ0) is 25.1. The highest BCUT2D eigenvalue weighted by Gasteiger charge is 2.13. The summed E-state index contributed by atoms with van der Waals surface area (Å²) in [5.74, 6) is 0.250. The molecule has 4 aromatic carbocycles. The largest absolute Gasteiger partial charge is 0.506 e. The van der Waals surface area contributed by atoms with E-state index < -0.39 is 0 Å². The Kier molecular flexibility index (Phi) is 8.01. The van der Waals surface area contributed by atoms with E-state index in [4.69, 9.17) is 4.99 Å². The molecule has 0 heterocycles. The molecule has 0 amide bonds. The summed E-state index contributed by atoms with van der Waals surface area (Å²) in [6.07, 6.45) is 1.77. The number of aliphatic imine (C=N–C) groups is 1. The van der Waals surface area contributed by atoms with Crippen LogP contribution in [-0.4, -0.2) is 39.5 Å². The average Bonchev–Trinajstić information content (AvgIpc) is 2.85. The van der Waals surface area contributed by atoms with Gasteiger partial charge in [-0.1, -0.05) is 42.5 Å². The van der Waals surface area contributed by atoms with E-state index in [-0.39, 0.29) is 5.75 Å². The van der Waals surface area contributed by atoms with Gasteiger partial charge in [-0.3, -0.25) is 4.99 Å². The molecule has 4 rings (SSSR count). The number of hydrogen-bond donors (Lipinski definition) is 1. The summed E-state index contributed by atoms with van der Waals surface area (Å²) in [5.41, 5.74) is 8.14. The zero-order valence-corrected chi connectivity index (χ0v) is 24.4. The minimum atomic E-state index is 0.250. The van der Waals surface area contributed by atoms with Crippen LogP contribution < -0.4 is 9.80 Å². The molecule has 0 saturated carbocycles. The van der Waals surface area contributed by atoms with Gasteiger partial charge in [0.1, 0.15) is 5.75 Å². The van der Waals surface area contributed by atoms with Gasteiger partial charge < -0.3 is 14.9 Å². The highest BCUT2D eigenvalue weighted by atomic mass is 127. The average molecular weight is 687 g/mol. The third-order valence-electron chi connectivity index (χ3n) is 5.82. The fourth-order valence-corrected chi connectivity index (χ4v) is 5.73. The van der Waals surface area contributed by atoms with E-state index >= 15 is 0 Å². The molecule has 0 aliphatic rings. The van der Waals surface area contributed by atoms with Gasteiger partial charge in [-0.05, 0) is 92.7 Å². The molecule has 6 heteroatoms. The van der Waals surface area contributed by atoms with Crippen molar-refractivity contribution in [1.82, 2.24) is 0 Å². The van der Waals surface area contributed by atoms with E-state index in [0.717, 1.165) is 46.5 Å². The summed E-state index contributed by atoms with van der Waals surface area (Å²) in [7, 11) is 8.16. The van der Waals surface area contributed by atoms with Crippen LogP contribution in [0.3, 0.4) is 0 Å². The van der Waals surface area contributed by atoms with Crippen LogP contribution in [0, 0.1) is 7.14 Å². The molecule has 1 N–H and O–H groups in total. The van der Waals surface area contributed by atoms with Crippen LogP contribution in [0.2, 0.25) is 0 Å². The van der Waals surface area contributed by atoms with Gasteiger partial charge in [0.2, 0.25) is 0 Å². The summed E-state index contributed by atoms with van der Waals surface area (Å²) >= 11 is 4.42. The Morgan fingerprint density at radius 2 is 1.20 bits per heavy atom. The number of benzene rings is 4. The van der Waals surface area contributed by atoms with Crippen LogP contribution in [-0.2, 0) is 0 Å². The van der Waals surface area contributed by atoms with Gasteiger partial charge in [0.05, 0.1) is 9.26 Å². The molecule has 0 aromatic heterocycles. The Hall–Kier alpha value is -2.59. The number of nitrogens with zero attached hydrogens (tertiary/aromatic N) is 3. The van der Waals surface area contributed by atoms with Crippen LogP contribution in [0.1, 0.15) is 5.56 Å². The fourth-order valence-electron chi connectivity index (χ4n) is 3.85. The summed E-state index contributed by atoms with van der Waals surface area (Å²) in [4.78, 5) is 9.16. The third kappa shape index (κ3) is 5.81. The van der Waals surface area contributed by atoms with Crippen molar-refractivity contribution in [2.24, 2.45) is 4.99 Å². The molecule has 35 heavy (non-hydrogen) atoms. The van der Waals surface area contributed by atoms with Gasteiger partial charge in [0.15, 0.2) is 0 Å². The predicted octanol–water partition coefficient (Wildman–Crippen LogP) is 7.82. The van der Waals surface area contributed by atoms with E-state index in [2.05, 4.69) is 122 Å². The summed E-state index contributed by atoms with van der Waals surface area (Å²) < 4.78 is 1.86. The number of phenols is 1. The molecular formula is C29H27I2N3O. The molecule has 0 atom stereocenters. The van der Waals surface area contributed by atoms with Gasteiger partial charge in [0.25, 0.3) is 0 Å². The first-order chi connectivity index (χ1) is 16.7. The number of halogens is 2. The molecule has 0 bridgehead atoms. The highest BCUT2D eigenvalue weighted by Crippen LogP contribution is 2.40. The quantitative estimate of drug-likeness (QED) is 0.166. The molecule has 0 aliphatic heterocycles. The van der Waals surface area contributed by atoms with Crippen LogP contribution in [0.25, 0.3) is 22.3 Å². The topological polar surface area (TPSA) is 39.1 Å². The van der Waals surface area contributed by atoms with Crippen molar-refractivity contribution in [3.8, 4) is 28.0 Å². The highest BCUT2D eigenvalue weighted by molar-refractivity contribution is 14.1. The first kappa shape index (κ1) is 25.5. The smallest absolute Gasteiger partial charge is 0.137 e. The molecule has 0 spiro atoms. The van der Waals surface area contributed by atoms with Crippen molar-refractivity contribution in [3.05, 3.63) is 91.6 Å². The third-order valence-corrected chi connectivity index (χ3v) is 7.26. The lowest BCUT2D eigenvalue weighted by Gasteiger charge is -2.16. The molecule has 0 aliphatic carbocycles. The summed E-state index contributed by atoms with van der Waals surface area (Å²) in [5, 5.41) is 10.6. The van der Waals surface area contributed by atoms with E-state index in [1.54, 1.807) is 6.21 Å². The van der Waals surface area contributed by atoms with Gasteiger partial charge >= 0.3 is 0 Å². The first-order valence-electron chi connectivity index (χ1n) is 11.1. The van der Waals surface area contributed by atoms with E-state index in [9.17, 15) is 5.11 Å². The summed E-state index contributed by atoms with van der Waals surface area (Å²) in [6, 6.07) is 27.2. The Morgan fingerprint density at radius 3 is 1.66 bits per heavy atom. The number of rotatable bonds is 6. The fraction of sp³-hybridized carbons (Fsp3) is 0.138. The maximum Gasteiger partial charge on any atom is 0.137 e. The maximum absolute atomic E-state index is 10.6. The van der Waals surface area contributed by atoms with Crippen molar-refractivity contribution < 1.29 is 5.11 Å². The number of aromatic hydroxyl groups is 1. The Labute approximate surface area is 234 Å². The van der Waals surface area contributed by atoms with Crippen molar-refractivity contribution in [1.29, 1.82) is 0 Å². The van der Waals surface area contributed by atoms with E-state index in [0.29, 0.717) is 5.56 Å². The lowest BCUT2D eigenvalue weighted by molar-refractivity contribution is 0.470. The van der Waals surface area contributed by atoms with Gasteiger partial charge in [-0.25, -0.2) is 0 Å². The van der Waals surface area contributed by atoms with Crippen LogP contribution in [0.4, 0.5) is 17.1 Å². The van der Waals surface area contributed by atoms with Crippen molar-refractivity contribution in [2.45, 2.75) is 0 Å². The minimum Gasteiger partial charge on any atom is -0.506 e. The monoisotopic (exact) mass is 687 g/mol. The molecule has 0 radical (unpaired) electrons. The lowest BCUT2D eigenvalue weighted by atomic mass is 9.95. The molecule has 4 nitrogen and oxygen atoms in total. The molecule has 0 saturated heterocycles. The minimum absolute atomic E-state index is 0.250. The summed E-state index contributed by atoms with van der Waals surface area (Å²) in [6.45, 7) is 0. The van der Waals surface area contributed by atoms with E-state index in [1.165, 1.54) is 0 Å². The predicted molar refractivity (Wildman–Crippen MR) is 167 cm³/mol. The second kappa shape index (κ2) is 11.0. The lowest BCUT2D eigenvalue weighted by Crippen LogP contribution is -2.08. The molecule has 0 fully saturated rings. The van der Waals surface area contributed by atoms with E-state index in [1.807, 2.05) is 40.3 Å². The van der Waals surface area contributed by atoms with Gasteiger partial charge in [-0.2, -0.15) is 0 Å². The molecular weight excluding hydrogens is 660 g/mol. The SMILES string of the molecule is CN(C)c1ccc(-c2cccc(-c3ccc(N(C)C)cc3)c2N=Cc2cc(I)cc(I)c2O)cc1. The Balaban J connectivity index is 1.88. The second-order valence-electron chi connectivity index (χ2n) is 8.67. The zero-order valence-electron chi connectivity index (χ0n) is 20.1. The van der Waals surface area contributed by atoms with Gasteiger partial charge in [0, 0.05) is 66.0 Å². The molecule has 178 valence electrons. The number of para-hydroxylation sites is 1. The number of hydrogen-bond acceptors (Lipinski definition) is 4. The Morgan fingerprint density at radius 1 is 0.714 bits per heavy atom. The van der Waals surface area contributed by atoms with Crippen LogP contribution >= 0.6 is 45.2 Å². The number of anilines is 2. The molecule has 0 unspecified atom stereocenters. The van der Waals surface area contributed by atoms with Crippen LogP contribution in [0.15, 0.2) is 83.9 Å². The van der Waals surface area contributed by atoms with Gasteiger partial charge in [-0.15, -0.1) is 0 Å². The normalized spacial score (nSPS) is 11.1. The van der Waals surface area contributed by atoms with Crippen molar-refractivity contribution in [2.75, 3.05) is 38.0 Å². The first-order valence-corrected chi connectivity index (χ1v) is 13.3. The number of phenolic OH excluding ortho intramolecular Hbond substituents is 1. The second-order valence-corrected chi connectivity index (χ2v) is 11.1. The molecule has 4 aromatic rings.